The smallest absolute Gasteiger partial charge is 0.191 e. The number of ether oxygens (including phenoxy) is 1. The van der Waals surface area contributed by atoms with E-state index in [0.29, 0.717) is 6.54 Å². The first-order chi connectivity index (χ1) is 13.2. The van der Waals surface area contributed by atoms with Gasteiger partial charge in [0.15, 0.2) is 5.96 Å². The Hall–Kier alpha value is -1.83. The third-order valence-electron chi connectivity index (χ3n) is 4.55. The molecule has 1 fully saturated rings. The average molecular weight is 494 g/mol. The Bertz CT molecular complexity index is 747. The number of aliphatic imine (C=N–C) groups is 1. The molecule has 5 nitrogen and oxygen atoms in total. The van der Waals surface area contributed by atoms with Crippen molar-refractivity contribution in [1.29, 1.82) is 0 Å². The van der Waals surface area contributed by atoms with E-state index in [9.17, 15) is 0 Å². The molecule has 2 aromatic rings. The number of nitrogens with zero attached hydrogens (tertiary/aromatic N) is 2. The zero-order valence-corrected chi connectivity index (χ0v) is 19.1. The summed E-state index contributed by atoms with van der Waals surface area (Å²) in [5.74, 6) is 2.53. The Labute approximate surface area is 185 Å². The highest BCUT2D eigenvalue weighted by Gasteiger charge is 2.22. The maximum Gasteiger partial charge on any atom is 0.191 e. The number of pyridine rings is 1. The molecule has 1 aromatic carbocycles. The van der Waals surface area contributed by atoms with Gasteiger partial charge in [-0.1, -0.05) is 18.2 Å². The molecule has 1 heterocycles. The van der Waals surface area contributed by atoms with Gasteiger partial charge in [-0.3, -0.25) is 4.98 Å². The summed E-state index contributed by atoms with van der Waals surface area (Å²) in [6.45, 7) is 7.21. The fourth-order valence-corrected chi connectivity index (χ4v) is 2.78. The molecular weight excluding hydrogens is 463 g/mol. The first kappa shape index (κ1) is 22.5. The number of hydrogen-bond acceptors (Lipinski definition) is 3. The van der Waals surface area contributed by atoms with Gasteiger partial charge < -0.3 is 15.4 Å². The molecule has 0 aliphatic heterocycles. The maximum absolute atomic E-state index is 6.05. The van der Waals surface area contributed by atoms with Gasteiger partial charge in [0.1, 0.15) is 5.75 Å². The topological polar surface area (TPSA) is 58.5 Å². The highest BCUT2D eigenvalue weighted by atomic mass is 127. The van der Waals surface area contributed by atoms with E-state index < -0.39 is 0 Å². The number of benzene rings is 1. The van der Waals surface area contributed by atoms with Gasteiger partial charge in [-0.25, -0.2) is 4.99 Å². The Balaban J connectivity index is 0.00000280. The number of halogens is 1. The lowest BCUT2D eigenvalue weighted by Gasteiger charge is -2.13. The number of guanidine groups is 1. The van der Waals surface area contributed by atoms with Crippen molar-refractivity contribution in [2.75, 3.05) is 19.7 Å². The minimum Gasteiger partial charge on any atom is -0.493 e. The first-order valence-corrected chi connectivity index (χ1v) is 9.89. The van der Waals surface area contributed by atoms with Crippen LogP contribution < -0.4 is 15.4 Å². The zero-order valence-electron chi connectivity index (χ0n) is 16.8. The molecule has 0 bridgehead atoms. The van der Waals surface area contributed by atoms with E-state index in [1.165, 1.54) is 18.4 Å². The maximum atomic E-state index is 6.05. The van der Waals surface area contributed by atoms with Gasteiger partial charge in [0.2, 0.25) is 0 Å². The standard InChI is InChI=1S/C22H30N4O.HI/c1-3-23-22(25-13-11-20-6-4-5-12-24-20)26-15-19-10-7-17(2)14-21(19)27-16-18-8-9-18;/h4-7,10,12,14,18H,3,8-9,11,13,15-16H2,1-2H3,(H2,23,25,26);1H. The van der Waals surface area contributed by atoms with Crippen molar-refractivity contribution in [3.8, 4) is 5.75 Å². The molecule has 6 heteroatoms. The third kappa shape index (κ3) is 7.66. The van der Waals surface area contributed by atoms with E-state index in [4.69, 9.17) is 9.73 Å². The van der Waals surface area contributed by atoms with Crippen LogP contribution in [0.25, 0.3) is 0 Å². The van der Waals surface area contributed by atoms with Gasteiger partial charge >= 0.3 is 0 Å². The summed E-state index contributed by atoms with van der Waals surface area (Å²) in [5, 5.41) is 6.70. The molecule has 0 unspecified atom stereocenters. The highest BCUT2D eigenvalue weighted by Crippen LogP contribution is 2.30. The van der Waals surface area contributed by atoms with Crippen molar-refractivity contribution >= 4 is 29.9 Å². The predicted octanol–water partition coefficient (Wildman–Crippen LogP) is 4.09. The number of hydrogen-bond donors (Lipinski definition) is 2. The molecule has 3 rings (SSSR count). The molecule has 28 heavy (non-hydrogen) atoms. The predicted molar refractivity (Wildman–Crippen MR) is 126 cm³/mol. The third-order valence-corrected chi connectivity index (χ3v) is 4.55. The summed E-state index contributed by atoms with van der Waals surface area (Å²) in [7, 11) is 0. The minimum atomic E-state index is 0. The van der Waals surface area contributed by atoms with Crippen molar-refractivity contribution in [1.82, 2.24) is 15.6 Å². The summed E-state index contributed by atoms with van der Waals surface area (Å²) in [5.41, 5.74) is 3.42. The molecule has 1 aliphatic carbocycles. The van der Waals surface area contributed by atoms with Crippen molar-refractivity contribution in [2.24, 2.45) is 10.9 Å². The number of aromatic nitrogens is 1. The highest BCUT2D eigenvalue weighted by molar-refractivity contribution is 14.0. The van der Waals surface area contributed by atoms with E-state index in [1.54, 1.807) is 0 Å². The zero-order chi connectivity index (χ0) is 18.9. The van der Waals surface area contributed by atoms with Crippen LogP contribution in [0.1, 0.15) is 36.6 Å². The number of rotatable bonds is 9. The summed E-state index contributed by atoms with van der Waals surface area (Å²) in [6.07, 6.45) is 5.29. The van der Waals surface area contributed by atoms with Crippen molar-refractivity contribution in [3.05, 3.63) is 59.4 Å². The van der Waals surface area contributed by atoms with Crippen LogP contribution in [0, 0.1) is 12.8 Å². The summed E-state index contributed by atoms with van der Waals surface area (Å²) in [6, 6.07) is 12.4. The van der Waals surface area contributed by atoms with Crippen molar-refractivity contribution in [3.63, 3.8) is 0 Å². The van der Waals surface area contributed by atoms with Crippen molar-refractivity contribution in [2.45, 2.75) is 39.7 Å². The van der Waals surface area contributed by atoms with E-state index in [1.807, 2.05) is 24.4 Å². The fourth-order valence-electron chi connectivity index (χ4n) is 2.78. The van der Waals surface area contributed by atoms with E-state index >= 15 is 0 Å². The second kappa shape index (κ2) is 11.9. The molecule has 0 spiro atoms. The number of aryl methyl sites for hydroxylation is 1. The van der Waals surface area contributed by atoms with Gasteiger partial charge in [-0.15, -0.1) is 24.0 Å². The second-order valence-electron chi connectivity index (χ2n) is 7.06. The molecule has 1 saturated carbocycles. The van der Waals surface area contributed by atoms with Crippen LogP contribution >= 0.6 is 24.0 Å². The van der Waals surface area contributed by atoms with Crippen LogP contribution in [-0.2, 0) is 13.0 Å². The van der Waals surface area contributed by atoms with E-state index in [-0.39, 0.29) is 24.0 Å². The van der Waals surface area contributed by atoms with Crippen LogP contribution in [0.15, 0.2) is 47.6 Å². The van der Waals surface area contributed by atoms with Gasteiger partial charge in [-0.2, -0.15) is 0 Å². The normalized spacial score (nSPS) is 13.6. The Morgan fingerprint density at radius 3 is 2.79 bits per heavy atom. The van der Waals surface area contributed by atoms with Crippen LogP contribution in [0.3, 0.4) is 0 Å². The summed E-state index contributed by atoms with van der Waals surface area (Å²) >= 11 is 0. The molecule has 1 aliphatic rings. The summed E-state index contributed by atoms with van der Waals surface area (Å²) < 4.78 is 6.05. The molecule has 0 saturated heterocycles. The van der Waals surface area contributed by atoms with Crippen LogP contribution in [0.4, 0.5) is 0 Å². The van der Waals surface area contributed by atoms with Crippen LogP contribution in [-0.4, -0.2) is 30.6 Å². The van der Waals surface area contributed by atoms with Crippen molar-refractivity contribution < 1.29 is 4.74 Å². The molecule has 0 amide bonds. The first-order valence-electron chi connectivity index (χ1n) is 9.89. The minimum absolute atomic E-state index is 0. The molecule has 0 atom stereocenters. The van der Waals surface area contributed by atoms with Gasteiger partial charge in [0.25, 0.3) is 0 Å². The average Bonchev–Trinajstić information content (AvgIpc) is 3.51. The van der Waals surface area contributed by atoms with Crippen LogP contribution in [0.2, 0.25) is 0 Å². The number of nitrogens with one attached hydrogen (secondary N) is 2. The molecule has 2 N–H and O–H groups in total. The van der Waals surface area contributed by atoms with E-state index in [0.717, 1.165) is 55.0 Å². The van der Waals surface area contributed by atoms with Gasteiger partial charge in [0, 0.05) is 37.0 Å². The van der Waals surface area contributed by atoms with E-state index in [2.05, 4.69) is 47.7 Å². The molecule has 1 aromatic heterocycles. The monoisotopic (exact) mass is 494 g/mol. The Kier molecular flexibility index (Phi) is 9.54. The molecule has 0 radical (unpaired) electrons. The Morgan fingerprint density at radius 2 is 2.07 bits per heavy atom. The second-order valence-corrected chi connectivity index (χ2v) is 7.06. The van der Waals surface area contributed by atoms with Gasteiger partial charge in [0.05, 0.1) is 13.2 Å². The Morgan fingerprint density at radius 1 is 1.21 bits per heavy atom. The summed E-state index contributed by atoms with van der Waals surface area (Å²) in [4.78, 5) is 9.10. The lowest BCUT2D eigenvalue weighted by atomic mass is 10.1. The van der Waals surface area contributed by atoms with Crippen LogP contribution in [0.5, 0.6) is 5.75 Å². The quantitative estimate of drug-likeness (QED) is 0.313. The molecular formula is C22H31IN4O. The SMILES string of the molecule is CCNC(=NCc1ccc(C)cc1OCC1CC1)NCCc1ccccn1.I. The largest absolute Gasteiger partial charge is 0.493 e. The lowest BCUT2D eigenvalue weighted by Crippen LogP contribution is -2.38. The van der Waals surface area contributed by atoms with Gasteiger partial charge in [-0.05, 0) is 56.4 Å². The molecule has 152 valence electrons. The lowest BCUT2D eigenvalue weighted by molar-refractivity contribution is 0.296. The fraction of sp³-hybridized carbons (Fsp3) is 0.455.